The third kappa shape index (κ3) is 5.09. The minimum atomic E-state index is -0.297. The van der Waals surface area contributed by atoms with Crippen molar-refractivity contribution in [2.45, 2.75) is 35.6 Å². The zero-order valence-corrected chi connectivity index (χ0v) is 20.8. The quantitative estimate of drug-likeness (QED) is 0.392. The summed E-state index contributed by atoms with van der Waals surface area (Å²) in [7, 11) is 0. The number of hydrogen-bond donors (Lipinski definition) is 2. The highest BCUT2D eigenvalue weighted by atomic mass is 32.2. The number of phenols is 1. The van der Waals surface area contributed by atoms with Gasteiger partial charge in [-0.1, -0.05) is 30.0 Å². The lowest BCUT2D eigenvalue weighted by atomic mass is 10.0. The van der Waals surface area contributed by atoms with Crippen LogP contribution in [0.15, 0.2) is 81.5 Å². The molecule has 0 aromatic heterocycles. The Kier molecular flexibility index (Phi) is 6.95. The van der Waals surface area contributed by atoms with Gasteiger partial charge in [-0.2, -0.15) is 0 Å². The summed E-state index contributed by atoms with van der Waals surface area (Å²) in [5.74, 6) is 0.0450. The fourth-order valence-electron chi connectivity index (χ4n) is 4.41. The van der Waals surface area contributed by atoms with E-state index in [1.165, 1.54) is 0 Å². The second-order valence-corrected chi connectivity index (χ2v) is 9.81. The van der Waals surface area contributed by atoms with Gasteiger partial charge in [0.25, 0.3) is 5.91 Å². The SMILES string of the molecule is CCOC(=O)N1CCC(NC(=O)c2ccc3c(c2)N=C(c2ccc(O)cc2)c2ccccc2S3)CC1. The lowest BCUT2D eigenvalue weighted by molar-refractivity contribution is 0.0860. The Morgan fingerprint density at radius 2 is 1.81 bits per heavy atom. The summed E-state index contributed by atoms with van der Waals surface area (Å²) in [6.45, 7) is 3.26. The number of rotatable bonds is 4. The fourth-order valence-corrected chi connectivity index (χ4v) is 5.42. The lowest BCUT2D eigenvalue weighted by Gasteiger charge is -2.31. The molecule has 2 amide bonds. The van der Waals surface area contributed by atoms with Crippen LogP contribution in [0.2, 0.25) is 0 Å². The molecule has 3 aromatic carbocycles. The molecule has 7 nitrogen and oxygen atoms in total. The van der Waals surface area contributed by atoms with Gasteiger partial charge in [0.1, 0.15) is 5.75 Å². The monoisotopic (exact) mass is 501 g/mol. The number of amides is 2. The standard InChI is InChI=1S/C28H27N3O4S/c1-2-35-28(34)31-15-13-20(14-16-31)29-27(33)19-9-12-25-23(17-19)30-26(18-7-10-21(32)11-8-18)22-5-3-4-6-24(22)36-25/h3-12,17,20,32H,2,13-16H2,1H3,(H,29,33). The van der Waals surface area contributed by atoms with E-state index in [2.05, 4.69) is 11.4 Å². The van der Waals surface area contributed by atoms with Crippen molar-refractivity contribution in [1.29, 1.82) is 0 Å². The van der Waals surface area contributed by atoms with Gasteiger partial charge in [0.15, 0.2) is 0 Å². The lowest BCUT2D eigenvalue weighted by Crippen LogP contribution is -2.46. The van der Waals surface area contributed by atoms with Crippen molar-refractivity contribution in [1.82, 2.24) is 10.2 Å². The number of carbonyl (C=O) groups is 2. The van der Waals surface area contributed by atoms with Gasteiger partial charge >= 0.3 is 6.09 Å². The van der Waals surface area contributed by atoms with Crippen LogP contribution in [0.1, 0.15) is 41.3 Å². The number of nitrogens with zero attached hydrogens (tertiary/aromatic N) is 2. The zero-order chi connectivity index (χ0) is 25.1. The van der Waals surface area contributed by atoms with E-state index in [1.54, 1.807) is 35.7 Å². The van der Waals surface area contributed by atoms with Crippen LogP contribution in [0.25, 0.3) is 0 Å². The molecule has 0 saturated carbocycles. The minimum absolute atomic E-state index is 0.00308. The first-order valence-corrected chi connectivity index (χ1v) is 12.9. The molecule has 0 unspecified atom stereocenters. The number of ether oxygens (including phenoxy) is 1. The molecule has 3 aromatic rings. The summed E-state index contributed by atoms with van der Waals surface area (Å²) in [6.07, 6.45) is 1.07. The normalized spacial score (nSPS) is 15.2. The number of likely N-dealkylation sites (tertiary alicyclic amines) is 1. The summed E-state index contributed by atoms with van der Waals surface area (Å²) in [6, 6.07) is 20.7. The van der Waals surface area contributed by atoms with Crippen molar-refractivity contribution in [2.75, 3.05) is 19.7 Å². The molecule has 1 fully saturated rings. The van der Waals surface area contributed by atoms with Crippen LogP contribution in [0, 0.1) is 0 Å². The summed E-state index contributed by atoms with van der Waals surface area (Å²) in [4.78, 5) is 33.8. The number of fused-ring (bicyclic) bond motifs is 2. The molecule has 0 radical (unpaired) electrons. The van der Waals surface area contributed by atoms with Crippen molar-refractivity contribution in [3.05, 3.63) is 83.4 Å². The minimum Gasteiger partial charge on any atom is -0.508 e. The average Bonchev–Trinajstić information content (AvgIpc) is 3.06. The van der Waals surface area contributed by atoms with Gasteiger partial charge < -0.3 is 20.1 Å². The summed E-state index contributed by atoms with van der Waals surface area (Å²) in [5, 5.41) is 12.9. The molecule has 2 aliphatic heterocycles. The molecular formula is C28H27N3O4S. The second-order valence-electron chi connectivity index (χ2n) is 8.72. The Labute approximate surface area is 214 Å². The molecule has 0 spiro atoms. The van der Waals surface area contributed by atoms with Gasteiger partial charge in [-0.05, 0) is 68.3 Å². The summed E-state index contributed by atoms with van der Waals surface area (Å²) >= 11 is 1.62. The molecule has 0 aliphatic carbocycles. The van der Waals surface area contributed by atoms with Crippen LogP contribution in [0.4, 0.5) is 10.5 Å². The number of aromatic hydroxyl groups is 1. The van der Waals surface area contributed by atoms with Crippen LogP contribution >= 0.6 is 11.8 Å². The Hall–Kier alpha value is -3.78. The Balaban J connectivity index is 1.38. The highest BCUT2D eigenvalue weighted by molar-refractivity contribution is 7.99. The molecule has 8 heteroatoms. The first kappa shape index (κ1) is 23.9. The number of nitrogens with one attached hydrogen (secondary N) is 1. The average molecular weight is 502 g/mol. The number of phenolic OH excluding ortho intramolecular Hbond substituents is 1. The molecule has 2 aliphatic rings. The number of piperidine rings is 1. The maximum atomic E-state index is 13.1. The van der Waals surface area contributed by atoms with E-state index < -0.39 is 0 Å². The van der Waals surface area contributed by atoms with E-state index in [0.29, 0.717) is 38.1 Å². The molecule has 0 bridgehead atoms. The maximum absolute atomic E-state index is 13.1. The van der Waals surface area contributed by atoms with Crippen LogP contribution in [-0.2, 0) is 4.74 Å². The van der Waals surface area contributed by atoms with Crippen molar-refractivity contribution in [3.8, 4) is 5.75 Å². The summed E-state index contributed by atoms with van der Waals surface area (Å²) < 4.78 is 5.07. The van der Waals surface area contributed by atoms with Crippen LogP contribution < -0.4 is 5.32 Å². The predicted molar refractivity (Wildman–Crippen MR) is 139 cm³/mol. The van der Waals surface area contributed by atoms with Crippen LogP contribution in [0.3, 0.4) is 0 Å². The number of aliphatic imine (C=N–C) groups is 1. The van der Waals surface area contributed by atoms with E-state index in [4.69, 9.17) is 9.73 Å². The van der Waals surface area contributed by atoms with Gasteiger partial charge in [0, 0.05) is 45.6 Å². The van der Waals surface area contributed by atoms with Crippen LogP contribution in [0.5, 0.6) is 5.75 Å². The molecule has 36 heavy (non-hydrogen) atoms. The van der Waals surface area contributed by atoms with Crippen molar-refractivity contribution >= 4 is 35.2 Å². The van der Waals surface area contributed by atoms with Gasteiger partial charge in [-0.3, -0.25) is 4.79 Å². The van der Waals surface area contributed by atoms with Gasteiger partial charge in [0.05, 0.1) is 18.0 Å². The highest BCUT2D eigenvalue weighted by Crippen LogP contribution is 2.41. The number of benzene rings is 3. The second kappa shape index (κ2) is 10.5. The van der Waals surface area contributed by atoms with Gasteiger partial charge in [-0.15, -0.1) is 0 Å². The number of hydrogen-bond acceptors (Lipinski definition) is 6. The van der Waals surface area contributed by atoms with Crippen molar-refractivity contribution in [3.63, 3.8) is 0 Å². The molecule has 184 valence electrons. The topological polar surface area (TPSA) is 91.2 Å². The highest BCUT2D eigenvalue weighted by Gasteiger charge is 2.25. The maximum Gasteiger partial charge on any atom is 0.409 e. The van der Waals surface area contributed by atoms with E-state index in [1.807, 2.05) is 48.5 Å². The Morgan fingerprint density at radius 1 is 1.06 bits per heavy atom. The first-order chi connectivity index (χ1) is 17.5. The molecular weight excluding hydrogens is 474 g/mol. The van der Waals surface area contributed by atoms with Crippen molar-refractivity contribution < 1.29 is 19.4 Å². The molecule has 2 heterocycles. The summed E-state index contributed by atoms with van der Waals surface area (Å²) in [5.41, 5.74) is 3.95. The smallest absolute Gasteiger partial charge is 0.409 e. The van der Waals surface area contributed by atoms with E-state index in [9.17, 15) is 14.7 Å². The third-order valence-corrected chi connectivity index (χ3v) is 7.45. The molecule has 0 atom stereocenters. The van der Waals surface area contributed by atoms with Crippen molar-refractivity contribution in [2.24, 2.45) is 4.99 Å². The van der Waals surface area contributed by atoms with E-state index in [0.717, 1.165) is 32.3 Å². The molecule has 1 saturated heterocycles. The Bertz CT molecular complexity index is 1310. The predicted octanol–water partition coefficient (Wildman–Crippen LogP) is 5.38. The zero-order valence-electron chi connectivity index (χ0n) is 19.9. The third-order valence-electron chi connectivity index (χ3n) is 6.31. The van der Waals surface area contributed by atoms with E-state index >= 15 is 0 Å². The number of carbonyl (C=O) groups excluding carboxylic acids is 2. The van der Waals surface area contributed by atoms with E-state index in [-0.39, 0.29) is 23.8 Å². The first-order valence-electron chi connectivity index (χ1n) is 12.0. The molecule has 5 rings (SSSR count). The fraction of sp³-hybridized carbons (Fsp3) is 0.250. The van der Waals surface area contributed by atoms with Gasteiger partial charge in [0.2, 0.25) is 0 Å². The van der Waals surface area contributed by atoms with Crippen LogP contribution in [-0.4, -0.2) is 53.5 Å². The van der Waals surface area contributed by atoms with Gasteiger partial charge in [-0.25, -0.2) is 9.79 Å². The largest absolute Gasteiger partial charge is 0.508 e. The Morgan fingerprint density at radius 3 is 2.56 bits per heavy atom. The molecule has 2 N–H and O–H groups in total.